The van der Waals surface area contributed by atoms with Gasteiger partial charge in [0.2, 0.25) is 0 Å². The van der Waals surface area contributed by atoms with E-state index in [9.17, 15) is 25.2 Å². The van der Waals surface area contributed by atoms with Crippen molar-refractivity contribution in [1.82, 2.24) is 5.32 Å². The molecule has 0 amide bonds. The molecule has 224 valence electrons. The zero-order chi connectivity index (χ0) is 29.7. The second kappa shape index (κ2) is 20.4. The van der Waals surface area contributed by atoms with Gasteiger partial charge in [-0.1, -0.05) is 61.4 Å². The lowest BCUT2D eigenvalue weighted by molar-refractivity contribution is -0.255. The predicted octanol–water partition coefficient (Wildman–Crippen LogP) is 4.17. The van der Waals surface area contributed by atoms with Crippen LogP contribution in [0.5, 0.6) is 11.5 Å². The van der Waals surface area contributed by atoms with Gasteiger partial charge in [-0.2, -0.15) is 0 Å². The Bertz CT molecular complexity index is 1120. The fourth-order valence-corrected chi connectivity index (χ4v) is 4.20. The van der Waals surface area contributed by atoms with Gasteiger partial charge < -0.3 is 40.0 Å². The molecule has 8 heteroatoms. The van der Waals surface area contributed by atoms with Crippen LogP contribution in [-0.2, 0) is 17.8 Å². The lowest BCUT2D eigenvalue weighted by atomic mass is 10.1. The number of aliphatic hydroxyl groups is 2. The first kappa shape index (κ1) is 33.8. The second-order valence-corrected chi connectivity index (χ2v) is 9.72. The molecule has 4 N–H and O–H groups in total. The minimum atomic E-state index is -1.22. The van der Waals surface area contributed by atoms with Crippen LogP contribution in [0.2, 0.25) is 0 Å². The van der Waals surface area contributed by atoms with E-state index in [0.29, 0.717) is 23.4 Å². The molecule has 8 nitrogen and oxygen atoms in total. The quantitative estimate of drug-likeness (QED) is 0.169. The number of methoxy groups -OCH3 is 1. The van der Waals surface area contributed by atoms with E-state index in [4.69, 9.17) is 9.47 Å². The number of benzene rings is 3. The molecule has 0 spiro atoms. The van der Waals surface area contributed by atoms with Gasteiger partial charge in [-0.25, -0.2) is 0 Å². The number of hydrogen-bond acceptors (Lipinski definition) is 8. The number of aliphatic hydroxyl groups excluding tert-OH is 2. The van der Waals surface area contributed by atoms with E-state index in [1.54, 1.807) is 30.3 Å². The predicted molar refractivity (Wildman–Crippen MR) is 158 cm³/mol. The monoisotopic (exact) mass is 566 g/mol. The van der Waals surface area contributed by atoms with Crippen LogP contribution in [0.15, 0.2) is 72.8 Å². The average Bonchev–Trinajstić information content (AvgIpc) is 3.00. The number of ether oxygens (including phenoxy) is 2. The summed E-state index contributed by atoms with van der Waals surface area (Å²) in [6.45, 7) is 2.77. The van der Waals surface area contributed by atoms with E-state index in [2.05, 4.69) is 35.6 Å². The molecule has 0 heterocycles. The van der Waals surface area contributed by atoms with Gasteiger partial charge in [-0.05, 0) is 74.0 Å². The summed E-state index contributed by atoms with van der Waals surface area (Å²) in [4.78, 5) is 10.4. The molecule has 0 saturated carbocycles. The third kappa shape index (κ3) is 13.7. The van der Waals surface area contributed by atoms with Gasteiger partial charge in [-0.3, -0.25) is 0 Å². The molecular formula is C33H44NO7-. The van der Waals surface area contributed by atoms with Gasteiger partial charge in [0, 0.05) is 30.9 Å². The number of carbonyl (C=O) groups excluding carboxylic acids is 1. The zero-order valence-electron chi connectivity index (χ0n) is 24.0. The summed E-state index contributed by atoms with van der Waals surface area (Å²) in [7, 11) is 1.42. The van der Waals surface area contributed by atoms with Crippen LogP contribution >= 0.6 is 0 Å². The zero-order valence-corrected chi connectivity index (χ0v) is 24.0. The molecule has 0 aliphatic rings. The maximum absolute atomic E-state index is 10.4. The van der Waals surface area contributed by atoms with Gasteiger partial charge in [0.1, 0.15) is 11.5 Å². The number of unbranched alkanes of at least 4 members (excludes halogenated alkanes) is 4. The highest BCUT2D eigenvalue weighted by Crippen LogP contribution is 2.22. The topological polar surface area (TPSA) is 131 Å². The van der Waals surface area contributed by atoms with E-state index < -0.39 is 12.1 Å². The molecular weight excluding hydrogens is 522 g/mol. The van der Waals surface area contributed by atoms with Crippen LogP contribution in [0.3, 0.4) is 0 Å². The van der Waals surface area contributed by atoms with Crippen molar-refractivity contribution in [3.63, 3.8) is 0 Å². The van der Waals surface area contributed by atoms with Crippen LogP contribution in [0.1, 0.15) is 71.7 Å². The summed E-state index contributed by atoms with van der Waals surface area (Å²) in [5, 5.41) is 42.6. The lowest BCUT2D eigenvalue weighted by Crippen LogP contribution is -2.22. The van der Waals surface area contributed by atoms with Crippen molar-refractivity contribution < 1.29 is 34.7 Å². The molecule has 3 rings (SSSR count). The molecule has 0 fully saturated rings. The molecule has 3 aromatic carbocycles. The standard InChI is InChI=1S/C25H37NO4.C8H8O3/c27-20-23-18-22(13-14-24(23)28)25(29)19-26-15-7-1-2-8-16-30-17-9-6-12-21-10-4-3-5-11-21;1-11-7-5-3-2-4-6(7)8(9)10/h3-5,10-11,13-14,18,25-29H,1-2,6-9,12,15-17,19-20H2;2-5H,1H3,(H,9,10)/p-1. The lowest BCUT2D eigenvalue weighted by Gasteiger charge is -2.14. The summed E-state index contributed by atoms with van der Waals surface area (Å²) in [5.41, 5.74) is 2.61. The first-order chi connectivity index (χ1) is 20.0. The number of hydrogen-bond donors (Lipinski definition) is 4. The minimum Gasteiger partial charge on any atom is -0.545 e. The number of nitrogens with one attached hydrogen (secondary N) is 1. The normalized spacial score (nSPS) is 11.4. The maximum Gasteiger partial charge on any atom is 0.127 e. The fraction of sp³-hybridized carbons (Fsp3) is 0.424. The maximum atomic E-state index is 10.4. The Labute approximate surface area is 243 Å². The highest BCUT2D eigenvalue weighted by molar-refractivity contribution is 5.89. The molecule has 1 atom stereocenters. The Morgan fingerprint density at radius 3 is 2.27 bits per heavy atom. The third-order valence-electron chi connectivity index (χ3n) is 6.56. The Hall–Kier alpha value is -3.43. The van der Waals surface area contributed by atoms with Gasteiger partial charge in [0.05, 0.1) is 25.8 Å². The number of rotatable bonds is 18. The molecule has 0 bridgehead atoms. The largest absolute Gasteiger partial charge is 0.545 e. The van der Waals surface area contributed by atoms with Crippen LogP contribution < -0.4 is 15.2 Å². The number of aryl methyl sites for hydroxylation is 1. The summed E-state index contributed by atoms with van der Waals surface area (Å²) in [6.07, 6.45) is 7.24. The summed E-state index contributed by atoms with van der Waals surface area (Å²) in [5.74, 6) is -0.840. The number of carboxylic acids is 1. The first-order valence-electron chi connectivity index (χ1n) is 14.2. The van der Waals surface area contributed by atoms with Crippen molar-refractivity contribution >= 4 is 5.97 Å². The average molecular weight is 567 g/mol. The van der Waals surface area contributed by atoms with Gasteiger partial charge in [0.25, 0.3) is 0 Å². The van der Waals surface area contributed by atoms with E-state index in [-0.39, 0.29) is 17.9 Å². The second-order valence-electron chi connectivity index (χ2n) is 9.72. The Kier molecular flexibility index (Phi) is 16.8. The summed E-state index contributed by atoms with van der Waals surface area (Å²) >= 11 is 0. The van der Waals surface area contributed by atoms with Crippen LogP contribution in [0.25, 0.3) is 0 Å². The molecule has 0 radical (unpaired) electrons. The Morgan fingerprint density at radius 1 is 0.902 bits per heavy atom. The molecule has 41 heavy (non-hydrogen) atoms. The number of phenols is 1. The van der Waals surface area contributed by atoms with Gasteiger partial charge >= 0.3 is 0 Å². The van der Waals surface area contributed by atoms with Crippen LogP contribution in [0.4, 0.5) is 0 Å². The molecule has 0 aliphatic heterocycles. The van der Waals surface area contributed by atoms with Crippen molar-refractivity contribution in [2.45, 2.75) is 57.7 Å². The highest BCUT2D eigenvalue weighted by atomic mass is 16.5. The number of para-hydroxylation sites is 1. The molecule has 1 unspecified atom stereocenters. The first-order valence-corrected chi connectivity index (χ1v) is 14.2. The van der Waals surface area contributed by atoms with E-state index >= 15 is 0 Å². The van der Waals surface area contributed by atoms with Gasteiger partial charge in [-0.15, -0.1) is 0 Å². The summed E-state index contributed by atoms with van der Waals surface area (Å²) < 4.78 is 10.5. The molecule has 0 aromatic heterocycles. The van der Waals surface area contributed by atoms with Crippen molar-refractivity contribution in [2.24, 2.45) is 0 Å². The van der Waals surface area contributed by atoms with Crippen LogP contribution in [0, 0.1) is 0 Å². The van der Waals surface area contributed by atoms with E-state index in [0.717, 1.165) is 58.3 Å². The van der Waals surface area contributed by atoms with Crippen molar-refractivity contribution in [2.75, 3.05) is 33.4 Å². The van der Waals surface area contributed by atoms with Crippen LogP contribution in [-0.4, -0.2) is 54.7 Å². The summed E-state index contributed by atoms with van der Waals surface area (Å²) in [6, 6.07) is 21.8. The SMILES string of the molecule is COc1ccccc1C(=O)[O-].OCc1cc(C(O)CNCCCCCCOCCCCc2ccccc2)ccc1O. The molecule has 0 aliphatic carbocycles. The molecule has 3 aromatic rings. The number of carbonyl (C=O) groups is 1. The number of aromatic carboxylic acids is 1. The minimum absolute atomic E-state index is 0.0533. The van der Waals surface area contributed by atoms with E-state index in [1.165, 1.54) is 31.2 Å². The Balaban J connectivity index is 0.000000446. The smallest absolute Gasteiger partial charge is 0.127 e. The van der Waals surface area contributed by atoms with Crippen molar-refractivity contribution in [3.05, 3.63) is 95.1 Å². The highest BCUT2D eigenvalue weighted by Gasteiger charge is 2.10. The Morgan fingerprint density at radius 2 is 1.59 bits per heavy atom. The fourth-order valence-electron chi connectivity index (χ4n) is 4.20. The number of aromatic hydroxyl groups is 1. The van der Waals surface area contributed by atoms with Crippen molar-refractivity contribution in [3.8, 4) is 11.5 Å². The molecule has 0 saturated heterocycles. The third-order valence-corrected chi connectivity index (χ3v) is 6.56. The number of carboxylic acid groups (broad SMARTS) is 1. The van der Waals surface area contributed by atoms with Crippen molar-refractivity contribution in [1.29, 1.82) is 0 Å². The van der Waals surface area contributed by atoms with Gasteiger partial charge in [0.15, 0.2) is 0 Å². The van der Waals surface area contributed by atoms with E-state index in [1.807, 2.05) is 0 Å².